The van der Waals surface area contributed by atoms with Crippen LogP contribution >= 0.6 is 0 Å². The van der Waals surface area contributed by atoms with E-state index in [4.69, 9.17) is 10.8 Å². The van der Waals surface area contributed by atoms with Gasteiger partial charge in [-0.25, -0.2) is 0 Å². The minimum absolute atomic E-state index is 0.319. The number of carbonyl (C=O) groups excluding carboxylic acids is 1. The maximum Gasteiger partial charge on any atom is 0.406 e. The lowest BCUT2D eigenvalue weighted by atomic mass is 9.83. The van der Waals surface area contributed by atoms with Gasteiger partial charge in [-0.2, -0.15) is 13.2 Å². The van der Waals surface area contributed by atoms with Gasteiger partial charge in [0.25, 0.3) is 0 Å². The molecule has 2 atom stereocenters. The number of hydrogen-bond donors (Lipinski definition) is 2. The second kappa shape index (κ2) is 5.44. The molecular formula is C11H19F3N2O2. The van der Waals surface area contributed by atoms with E-state index in [-0.39, 0.29) is 6.54 Å². The zero-order valence-electron chi connectivity index (χ0n) is 10.3. The van der Waals surface area contributed by atoms with E-state index in [0.717, 1.165) is 6.42 Å². The van der Waals surface area contributed by atoms with Crippen LogP contribution < -0.4 is 5.73 Å². The maximum atomic E-state index is 12.4. The highest BCUT2D eigenvalue weighted by Crippen LogP contribution is 2.38. The van der Waals surface area contributed by atoms with Gasteiger partial charge < -0.3 is 15.7 Å². The Bertz CT molecular complexity index is 309. The second-order valence-corrected chi connectivity index (χ2v) is 4.98. The fraction of sp³-hybridized carbons (Fsp3) is 0.909. The maximum absolute atomic E-state index is 12.4. The van der Waals surface area contributed by atoms with Crippen molar-refractivity contribution in [3.8, 4) is 0 Å². The van der Waals surface area contributed by atoms with E-state index in [1.807, 2.05) is 0 Å². The number of carbonyl (C=O) groups is 1. The molecule has 106 valence electrons. The van der Waals surface area contributed by atoms with Gasteiger partial charge in [0.15, 0.2) is 0 Å². The van der Waals surface area contributed by atoms with Crippen LogP contribution in [-0.2, 0) is 4.79 Å². The Morgan fingerprint density at radius 2 is 2.17 bits per heavy atom. The summed E-state index contributed by atoms with van der Waals surface area (Å²) in [5.41, 5.74) is 4.88. The number of alkyl halides is 3. The van der Waals surface area contributed by atoms with Gasteiger partial charge in [-0.1, -0.05) is 6.42 Å². The molecule has 1 saturated carbocycles. The topological polar surface area (TPSA) is 66.6 Å². The van der Waals surface area contributed by atoms with Crippen LogP contribution in [0, 0.1) is 5.41 Å². The number of aliphatic hydroxyl groups excluding tert-OH is 1. The average Bonchev–Trinajstić information content (AvgIpc) is 2.57. The Kier molecular flexibility index (Phi) is 4.61. The van der Waals surface area contributed by atoms with E-state index < -0.39 is 36.7 Å². The van der Waals surface area contributed by atoms with Crippen molar-refractivity contribution in [2.24, 2.45) is 11.1 Å². The summed E-state index contributed by atoms with van der Waals surface area (Å²) < 4.78 is 37.2. The Hall–Kier alpha value is -0.820. The van der Waals surface area contributed by atoms with Crippen molar-refractivity contribution in [2.75, 3.05) is 19.7 Å². The number of rotatable bonds is 4. The molecule has 1 fully saturated rings. The molecule has 0 aromatic heterocycles. The first-order chi connectivity index (χ1) is 8.20. The zero-order chi connectivity index (χ0) is 14.0. The summed E-state index contributed by atoms with van der Waals surface area (Å²) in [5, 5.41) is 8.78. The SMILES string of the molecule is CC1(C(=O)N(CCO)CC(F)(F)F)CCCC1N. The lowest BCUT2D eigenvalue weighted by molar-refractivity contribution is -0.168. The normalized spacial score (nSPS) is 28.4. The van der Waals surface area contributed by atoms with Crippen molar-refractivity contribution in [2.45, 2.75) is 38.4 Å². The number of nitrogens with two attached hydrogens (primary N) is 1. The van der Waals surface area contributed by atoms with Crippen LogP contribution in [0.2, 0.25) is 0 Å². The van der Waals surface area contributed by atoms with Crippen LogP contribution in [0.25, 0.3) is 0 Å². The molecule has 1 amide bonds. The van der Waals surface area contributed by atoms with Crippen molar-refractivity contribution < 1.29 is 23.1 Å². The molecule has 1 aliphatic carbocycles. The van der Waals surface area contributed by atoms with Crippen LogP contribution in [0.3, 0.4) is 0 Å². The fourth-order valence-corrected chi connectivity index (χ4v) is 2.41. The minimum atomic E-state index is -4.47. The van der Waals surface area contributed by atoms with E-state index in [1.54, 1.807) is 6.92 Å². The molecule has 0 bridgehead atoms. The highest BCUT2D eigenvalue weighted by atomic mass is 19.4. The summed E-state index contributed by atoms with van der Waals surface area (Å²) in [7, 11) is 0. The lowest BCUT2D eigenvalue weighted by Crippen LogP contribution is -2.52. The molecule has 4 nitrogen and oxygen atoms in total. The first-order valence-corrected chi connectivity index (χ1v) is 5.93. The molecule has 0 saturated heterocycles. The molecule has 3 N–H and O–H groups in total. The van der Waals surface area contributed by atoms with Gasteiger partial charge in [0.2, 0.25) is 5.91 Å². The Labute approximate surface area is 104 Å². The molecule has 0 aromatic carbocycles. The summed E-state index contributed by atoms with van der Waals surface area (Å²) >= 11 is 0. The number of aliphatic hydroxyl groups is 1. The first kappa shape index (κ1) is 15.2. The Morgan fingerprint density at radius 1 is 1.56 bits per heavy atom. The van der Waals surface area contributed by atoms with Crippen LogP contribution in [0.5, 0.6) is 0 Å². The van der Waals surface area contributed by atoms with Gasteiger partial charge in [-0.3, -0.25) is 4.79 Å². The quantitative estimate of drug-likeness (QED) is 0.795. The zero-order valence-corrected chi connectivity index (χ0v) is 10.3. The third kappa shape index (κ3) is 3.35. The van der Waals surface area contributed by atoms with Crippen LogP contribution in [0.15, 0.2) is 0 Å². The van der Waals surface area contributed by atoms with Gasteiger partial charge in [-0.05, 0) is 19.8 Å². The summed E-state index contributed by atoms with van der Waals surface area (Å²) in [6.45, 7) is -0.545. The number of amides is 1. The molecule has 1 aliphatic rings. The van der Waals surface area contributed by atoms with Crippen LogP contribution in [-0.4, -0.2) is 47.8 Å². The van der Waals surface area contributed by atoms with Crippen LogP contribution in [0.4, 0.5) is 13.2 Å². The molecule has 7 heteroatoms. The smallest absolute Gasteiger partial charge is 0.395 e. The summed E-state index contributed by atoms with van der Waals surface area (Å²) in [6, 6.07) is -0.417. The third-order valence-corrected chi connectivity index (χ3v) is 3.55. The van der Waals surface area contributed by atoms with Crippen LogP contribution in [0.1, 0.15) is 26.2 Å². The largest absolute Gasteiger partial charge is 0.406 e. The number of halogens is 3. The molecule has 0 radical (unpaired) electrons. The van der Waals surface area contributed by atoms with E-state index in [0.29, 0.717) is 17.7 Å². The van der Waals surface area contributed by atoms with Gasteiger partial charge in [-0.15, -0.1) is 0 Å². The summed E-state index contributed by atoms with van der Waals surface area (Å²) in [4.78, 5) is 12.8. The third-order valence-electron chi connectivity index (χ3n) is 3.55. The molecule has 2 unspecified atom stereocenters. The highest BCUT2D eigenvalue weighted by Gasteiger charge is 2.46. The predicted octanol–water partition coefficient (Wildman–Crippen LogP) is 0.887. The van der Waals surface area contributed by atoms with Gasteiger partial charge in [0, 0.05) is 12.6 Å². The summed E-state index contributed by atoms with van der Waals surface area (Å²) in [6.07, 6.45) is -2.60. The van der Waals surface area contributed by atoms with Gasteiger partial charge >= 0.3 is 6.18 Å². The predicted molar refractivity (Wildman–Crippen MR) is 59.7 cm³/mol. The van der Waals surface area contributed by atoms with Crippen molar-refractivity contribution >= 4 is 5.91 Å². The monoisotopic (exact) mass is 268 g/mol. The standard InChI is InChI=1S/C11H19F3N2O2/c1-10(4-2-3-8(10)15)9(18)16(5-6-17)7-11(12,13)14/h8,17H,2-7,15H2,1H3. The molecule has 0 aliphatic heterocycles. The Morgan fingerprint density at radius 3 is 2.56 bits per heavy atom. The highest BCUT2D eigenvalue weighted by molar-refractivity contribution is 5.83. The Balaban J connectivity index is 2.82. The van der Waals surface area contributed by atoms with E-state index in [2.05, 4.69) is 0 Å². The lowest BCUT2D eigenvalue weighted by Gasteiger charge is -2.34. The molecule has 0 aromatic rings. The molecule has 18 heavy (non-hydrogen) atoms. The molecular weight excluding hydrogens is 249 g/mol. The average molecular weight is 268 g/mol. The minimum Gasteiger partial charge on any atom is -0.395 e. The second-order valence-electron chi connectivity index (χ2n) is 4.98. The van der Waals surface area contributed by atoms with Crippen molar-refractivity contribution in [3.63, 3.8) is 0 Å². The molecule has 0 spiro atoms. The summed E-state index contributed by atoms with van der Waals surface area (Å²) in [5.74, 6) is -0.612. The molecule has 0 heterocycles. The van der Waals surface area contributed by atoms with Crippen molar-refractivity contribution in [1.82, 2.24) is 4.90 Å². The van der Waals surface area contributed by atoms with Gasteiger partial charge in [0.05, 0.1) is 12.0 Å². The molecule has 1 rings (SSSR count). The van der Waals surface area contributed by atoms with Crippen molar-refractivity contribution in [1.29, 1.82) is 0 Å². The fourth-order valence-electron chi connectivity index (χ4n) is 2.41. The van der Waals surface area contributed by atoms with Crippen molar-refractivity contribution in [3.05, 3.63) is 0 Å². The first-order valence-electron chi connectivity index (χ1n) is 5.93. The van der Waals surface area contributed by atoms with Gasteiger partial charge in [0.1, 0.15) is 6.54 Å². The van der Waals surface area contributed by atoms with E-state index in [9.17, 15) is 18.0 Å². The van der Waals surface area contributed by atoms with E-state index in [1.165, 1.54) is 0 Å². The number of hydrogen-bond acceptors (Lipinski definition) is 3. The number of nitrogens with zero attached hydrogens (tertiary/aromatic N) is 1. The van der Waals surface area contributed by atoms with E-state index >= 15 is 0 Å².